The van der Waals surface area contributed by atoms with Crippen LogP contribution in [0.1, 0.15) is 88.2 Å². The molecule has 2 amide bonds. The number of nitrogens with one attached hydrogen (secondary N) is 3. The van der Waals surface area contributed by atoms with Crippen molar-refractivity contribution in [3.05, 3.63) is 105 Å². The fourth-order valence-electron chi connectivity index (χ4n) is 6.50. The average Bonchev–Trinajstić information content (AvgIpc) is 3.59. The van der Waals surface area contributed by atoms with Crippen molar-refractivity contribution >= 4 is 40.4 Å². The Hall–Kier alpha value is -5.60. The molecule has 2 aromatic heterocycles. The second-order valence-electron chi connectivity index (χ2n) is 12.5. The number of pyridine rings is 1. The number of hydrogen-bond acceptors (Lipinski definition) is 8. The number of benzene rings is 2. The number of aldehydes is 1. The van der Waals surface area contributed by atoms with Crippen molar-refractivity contribution < 1.29 is 19.1 Å². The van der Waals surface area contributed by atoms with Gasteiger partial charge in [0.2, 0.25) is 0 Å². The third kappa shape index (κ3) is 7.51. The molecule has 3 N–H and O–H groups in total. The molecule has 0 spiro atoms. The van der Waals surface area contributed by atoms with E-state index in [0.29, 0.717) is 54.9 Å². The summed E-state index contributed by atoms with van der Waals surface area (Å²) in [6.07, 6.45) is 10.4. The number of nitriles is 1. The largest absolute Gasteiger partial charge is 0.381 e. The van der Waals surface area contributed by atoms with E-state index in [4.69, 9.17) is 9.72 Å². The normalized spacial score (nSPS) is 14.7. The minimum atomic E-state index is -0.329. The first-order valence-corrected chi connectivity index (χ1v) is 17.2. The van der Waals surface area contributed by atoms with Gasteiger partial charge in [-0.05, 0) is 97.7 Å². The predicted octanol–water partition coefficient (Wildman–Crippen LogP) is 5.64. The first-order valence-electron chi connectivity index (χ1n) is 17.2. The van der Waals surface area contributed by atoms with Crippen molar-refractivity contribution in [1.82, 2.24) is 25.4 Å². The van der Waals surface area contributed by atoms with E-state index in [9.17, 15) is 19.6 Å². The Morgan fingerprint density at radius 3 is 2.52 bits per heavy atom. The highest BCUT2D eigenvalue weighted by molar-refractivity contribution is 6.00. The Bertz CT molecular complexity index is 2030. The van der Waals surface area contributed by atoms with E-state index in [0.717, 1.165) is 70.2 Å². The molecule has 1 saturated heterocycles. The van der Waals surface area contributed by atoms with Crippen molar-refractivity contribution in [3.8, 4) is 6.07 Å². The van der Waals surface area contributed by atoms with E-state index in [2.05, 4.69) is 34.0 Å². The van der Waals surface area contributed by atoms with E-state index in [-0.39, 0.29) is 30.9 Å². The summed E-state index contributed by atoms with van der Waals surface area (Å²) in [5.41, 5.74) is 7.84. The zero-order valence-corrected chi connectivity index (χ0v) is 28.4. The Morgan fingerprint density at radius 2 is 1.82 bits per heavy atom. The molecule has 2 aromatic carbocycles. The van der Waals surface area contributed by atoms with Crippen LogP contribution in [0.3, 0.4) is 0 Å². The lowest BCUT2D eigenvalue weighted by atomic mass is 9.91. The van der Waals surface area contributed by atoms with Crippen LogP contribution in [0, 0.1) is 11.3 Å². The Morgan fingerprint density at radius 1 is 1.06 bits per heavy atom. The monoisotopic (exact) mass is 671 g/mol. The highest BCUT2D eigenvalue weighted by Crippen LogP contribution is 2.32. The molecule has 0 bridgehead atoms. The van der Waals surface area contributed by atoms with Crippen LogP contribution >= 0.6 is 0 Å². The van der Waals surface area contributed by atoms with Gasteiger partial charge in [-0.3, -0.25) is 14.4 Å². The van der Waals surface area contributed by atoms with Crippen molar-refractivity contribution in [2.75, 3.05) is 18.5 Å². The number of amides is 2. The third-order valence-corrected chi connectivity index (χ3v) is 9.25. The van der Waals surface area contributed by atoms with Crippen LogP contribution in [0.25, 0.3) is 16.6 Å². The molecule has 1 aliphatic carbocycles. The van der Waals surface area contributed by atoms with Gasteiger partial charge in [-0.2, -0.15) is 10.4 Å². The zero-order chi connectivity index (χ0) is 35.0. The standard InChI is InChI=1S/C39H41N7O4/c1-3-35-33(36(44-31-13-15-50-16-14-31)34-23-43-46(4-2)37(34)45-35)22-42-39(49)29-10-6-9-28(19-29)38(48)41-21-25-11-12-30(20-40)32(18-25)27-8-5-7-26(17-27)24-47/h6,8-12,17-19,23-24,31H,3-5,7,13-16,21-22H2,1-2H3,(H,41,48)(H,42,49)(H,44,45). The minimum Gasteiger partial charge on any atom is -0.381 e. The number of fused-ring (bicyclic) bond motifs is 1. The van der Waals surface area contributed by atoms with Gasteiger partial charge in [0.25, 0.3) is 11.8 Å². The highest BCUT2D eigenvalue weighted by atomic mass is 16.5. The summed E-state index contributed by atoms with van der Waals surface area (Å²) < 4.78 is 7.47. The van der Waals surface area contributed by atoms with E-state index in [1.165, 1.54) is 0 Å². The first-order chi connectivity index (χ1) is 24.4. The predicted molar refractivity (Wildman–Crippen MR) is 191 cm³/mol. The molecule has 50 heavy (non-hydrogen) atoms. The number of anilines is 1. The number of rotatable bonds is 12. The van der Waals surface area contributed by atoms with Crippen LogP contribution in [0.2, 0.25) is 0 Å². The summed E-state index contributed by atoms with van der Waals surface area (Å²) in [5, 5.41) is 24.9. The number of hydrogen-bond donors (Lipinski definition) is 3. The molecular formula is C39H41N7O4. The number of allylic oxidation sites excluding steroid dienone is 4. The summed E-state index contributed by atoms with van der Waals surface area (Å²) in [7, 11) is 0. The number of carbonyl (C=O) groups is 3. The van der Waals surface area contributed by atoms with Crippen molar-refractivity contribution in [1.29, 1.82) is 5.26 Å². The molecule has 0 saturated carbocycles. The quantitative estimate of drug-likeness (QED) is 0.164. The maximum Gasteiger partial charge on any atom is 0.251 e. The molecule has 11 nitrogen and oxygen atoms in total. The van der Waals surface area contributed by atoms with Crippen LogP contribution < -0.4 is 16.0 Å². The highest BCUT2D eigenvalue weighted by Gasteiger charge is 2.22. The smallest absolute Gasteiger partial charge is 0.251 e. The lowest BCUT2D eigenvalue weighted by Crippen LogP contribution is -2.30. The van der Waals surface area contributed by atoms with Crippen LogP contribution in [0.4, 0.5) is 5.69 Å². The maximum atomic E-state index is 13.5. The fourth-order valence-corrected chi connectivity index (χ4v) is 6.50. The van der Waals surface area contributed by atoms with Crippen LogP contribution in [0.15, 0.2) is 66.4 Å². The van der Waals surface area contributed by atoms with Crippen molar-refractivity contribution in [2.45, 2.75) is 71.6 Å². The number of carbonyl (C=O) groups excluding carboxylic acids is 3. The van der Waals surface area contributed by atoms with Crippen LogP contribution in [-0.4, -0.2) is 52.1 Å². The van der Waals surface area contributed by atoms with Crippen LogP contribution in [0.5, 0.6) is 0 Å². The maximum absolute atomic E-state index is 13.5. The number of nitrogens with zero attached hydrogens (tertiary/aromatic N) is 4. The topological polar surface area (TPSA) is 151 Å². The summed E-state index contributed by atoms with van der Waals surface area (Å²) >= 11 is 0. The van der Waals surface area contributed by atoms with Gasteiger partial charge in [0, 0.05) is 61.3 Å². The van der Waals surface area contributed by atoms with Gasteiger partial charge in [0.05, 0.1) is 28.9 Å². The minimum absolute atomic E-state index is 0.221. The van der Waals surface area contributed by atoms with Gasteiger partial charge in [0.1, 0.15) is 6.29 Å². The Labute approximate surface area is 291 Å². The van der Waals surface area contributed by atoms with Gasteiger partial charge < -0.3 is 20.7 Å². The second kappa shape index (κ2) is 15.7. The number of aryl methyl sites for hydroxylation is 2. The molecule has 1 fully saturated rings. The van der Waals surface area contributed by atoms with Gasteiger partial charge in [-0.15, -0.1) is 0 Å². The molecule has 0 radical (unpaired) electrons. The van der Waals surface area contributed by atoms with E-state index >= 15 is 0 Å². The van der Waals surface area contributed by atoms with Crippen LogP contribution in [-0.2, 0) is 35.6 Å². The van der Waals surface area contributed by atoms with Crippen molar-refractivity contribution in [3.63, 3.8) is 0 Å². The molecule has 0 unspecified atom stereocenters. The lowest BCUT2D eigenvalue weighted by Gasteiger charge is -2.26. The molecule has 256 valence electrons. The fraction of sp³-hybridized carbons (Fsp3) is 0.333. The van der Waals surface area contributed by atoms with Gasteiger partial charge >= 0.3 is 0 Å². The summed E-state index contributed by atoms with van der Waals surface area (Å²) in [6, 6.07) is 14.5. The first kappa shape index (κ1) is 34.3. The Kier molecular flexibility index (Phi) is 10.8. The molecular weight excluding hydrogens is 630 g/mol. The van der Waals surface area contributed by atoms with Gasteiger partial charge in [0.15, 0.2) is 5.65 Å². The zero-order valence-electron chi connectivity index (χ0n) is 28.4. The molecule has 4 aromatic rings. The van der Waals surface area contributed by atoms with E-state index in [1.54, 1.807) is 36.4 Å². The SMILES string of the molecule is CCc1nc2c(cnn2CC)c(NC2CCOCC2)c1CNC(=O)c1cccc(C(=O)NCc2ccc(C#N)c(C3=CCCC(C=O)=C3)c2)c1. The molecule has 0 atom stereocenters. The molecule has 2 aliphatic rings. The average molecular weight is 672 g/mol. The molecule has 3 heterocycles. The van der Waals surface area contributed by atoms with Crippen molar-refractivity contribution in [2.24, 2.45) is 0 Å². The summed E-state index contributed by atoms with van der Waals surface area (Å²) in [5.74, 6) is -0.632. The molecule has 6 rings (SSSR count). The Balaban J connectivity index is 1.16. The van der Waals surface area contributed by atoms with Gasteiger partial charge in [-0.25, -0.2) is 9.67 Å². The molecule has 1 aliphatic heterocycles. The van der Waals surface area contributed by atoms with E-state index < -0.39 is 0 Å². The number of aromatic nitrogens is 3. The second-order valence-corrected chi connectivity index (χ2v) is 12.5. The summed E-state index contributed by atoms with van der Waals surface area (Å²) in [6.45, 7) is 6.66. The lowest BCUT2D eigenvalue weighted by molar-refractivity contribution is -0.105. The third-order valence-electron chi connectivity index (χ3n) is 9.25. The molecule has 11 heteroatoms. The van der Waals surface area contributed by atoms with E-state index in [1.807, 2.05) is 36.0 Å². The summed E-state index contributed by atoms with van der Waals surface area (Å²) in [4.78, 5) is 43.1. The van der Waals surface area contributed by atoms with Gasteiger partial charge in [-0.1, -0.05) is 25.1 Å². The number of ether oxygens (including phenoxy) is 1.